The van der Waals surface area contributed by atoms with Gasteiger partial charge in [0.05, 0.1) is 0 Å². The van der Waals surface area contributed by atoms with Crippen LogP contribution < -0.4 is 5.32 Å². The van der Waals surface area contributed by atoms with Gasteiger partial charge in [-0.25, -0.2) is 4.39 Å². The van der Waals surface area contributed by atoms with Gasteiger partial charge in [-0.2, -0.15) is 0 Å². The summed E-state index contributed by atoms with van der Waals surface area (Å²) in [7, 11) is 0. The van der Waals surface area contributed by atoms with Crippen molar-refractivity contribution in [3.63, 3.8) is 0 Å². The highest BCUT2D eigenvalue weighted by Gasteiger charge is 2.16. The van der Waals surface area contributed by atoms with E-state index >= 15 is 0 Å². The third-order valence-corrected chi connectivity index (χ3v) is 3.48. The first-order chi connectivity index (χ1) is 7.70. The van der Waals surface area contributed by atoms with Crippen LogP contribution in [0, 0.1) is 5.82 Å². The zero-order valence-electron chi connectivity index (χ0n) is 9.26. The molecule has 1 aliphatic heterocycles. The van der Waals surface area contributed by atoms with Crippen molar-refractivity contribution in [2.45, 2.75) is 25.8 Å². The third kappa shape index (κ3) is 2.53. The zero-order valence-corrected chi connectivity index (χ0v) is 10.8. The summed E-state index contributed by atoms with van der Waals surface area (Å²) in [5.74, 6) is -0.141. The van der Waals surface area contributed by atoms with E-state index in [1.807, 2.05) is 12.1 Å². The van der Waals surface area contributed by atoms with Crippen molar-refractivity contribution >= 4 is 21.5 Å². The van der Waals surface area contributed by atoms with E-state index in [-0.39, 0.29) is 5.82 Å². The van der Waals surface area contributed by atoms with Crippen molar-refractivity contribution in [2.24, 2.45) is 0 Å². The Balaban J connectivity index is 2.27. The Morgan fingerprint density at radius 3 is 3.00 bits per heavy atom. The largest absolute Gasteiger partial charge is 0.310 e. The molecule has 1 aliphatic rings. The van der Waals surface area contributed by atoms with Crippen LogP contribution in [0.2, 0.25) is 0 Å². The van der Waals surface area contributed by atoms with E-state index in [0.717, 1.165) is 35.0 Å². The fourth-order valence-electron chi connectivity index (χ4n) is 2.03. The fourth-order valence-corrected chi connectivity index (χ4v) is 2.36. The lowest BCUT2D eigenvalue weighted by Crippen LogP contribution is -2.32. The molecule has 0 fully saturated rings. The van der Waals surface area contributed by atoms with Gasteiger partial charge in [-0.1, -0.05) is 35.0 Å². The number of hydrogen-bond acceptors (Lipinski definition) is 1. The van der Waals surface area contributed by atoms with Crippen LogP contribution in [-0.2, 0) is 0 Å². The minimum atomic E-state index is -0.141. The van der Waals surface area contributed by atoms with Gasteiger partial charge in [-0.3, -0.25) is 0 Å². The van der Waals surface area contributed by atoms with Gasteiger partial charge in [0.2, 0.25) is 0 Å². The second-order valence-electron chi connectivity index (χ2n) is 4.07. The smallest absolute Gasteiger partial charge is 0.131 e. The molecule has 3 heteroatoms. The van der Waals surface area contributed by atoms with E-state index in [0.29, 0.717) is 6.04 Å². The van der Waals surface area contributed by atoms with Crippen LogP contribution in [0.4, 0.5) is 4.39 Å². The molecule has 0 amide bonds. The normalized spacial score (nSPS) is 20.7. The van der Waals surface area contributed by atoms with Crippen molar-refractivity contribution < 1.29 is 4.39 Å². The first kappa shape index (κ1) is 11.8. The molecule has 1 heterocycles. The maximum atomic E-state index is 13.8. The molecule has 0 spiro atoms. The SMILES string of the molecule is CCC1CC(c2ccc(Br)cc2F)=CCN1. The van der Waals surface area contributed by atoms with Gasteiger partial charge >= 0.3 is 0 Å². The highest BCUT2D eigenvalue weighted by Crippen LogP contribution is 2.27. The molecule has 1 aromatic carbocycles. The van der Waals surface area contributed by atoms with Crippen LogP contribution in [0.3, 0.4) is 0 Å². The van der Waals surface area contributed by atoms with Gasteiger partial charge in [-0.05, 0) is 30.5 Å². The van der Waals surface area contributed by atoms with Gasteiger partial charge < -0.3 is 5.32 Å². The molecule has 0 bridgehead atoms. The maximum Gasteiger partial charge on any atom is 0.131 e. The molecule has 0 saturated heterocycles. The average Bonchev–Trinajstić information content (AvgIpc) is 2.29. The van der Waals surface area contributed by atoms with E-state index in [1.54, 1.807) is 0 Å². The summed E-state index contributed by atoms with van der Waals surface area (Å²) in [5, 5.41) is 3.39. The van der Waals surface area contributed by atoms with Crippen molar-refractivity contribution in [1.82, 2.24) is 5.32 Å². The molecule has 1 aromatic rings. The third-order valence-electron chi connectivity index (χ3n) is 2.99. The molecule has 1 atom stereocenters. The van der Waals surface area contributed by atoms with Crippen molar-refractivity contribution in [1.29, 1.82) is 0 Å². The minimum absolute atomic E-state index is 0.141. The van der Waals surface area contributed by atoms with E-state index in [4.69, 9.17) is 0 Å². The van der Waals surface area contributed by atoms with E-state index in [1.165, 1.54) is 6.07 Å². The molecular formula is C13H15BrFN. The molecule has 16 heavy (non-hydrogen) atoms. The maximum absolute atomic E-state index is 13.8. The van der Waals surface area contributed by atoms with Crippen LogP contribution in [0.15, 0.2) is 28.7 Å². The van der Waals surface area contributed by atoms with Gasteiger partial charge in [0.15, 0.2) is 0 Å². The van der Waals surface area contributed by atoms with E-state index < -0.39 is 0 Å². The second kappa shape index (κ2) is 5.11. The fraction of sp³-hybridized carbons (Fsp3) is 0.385. The standard InChI is InChI=1S/C13H15BrFN/c1-2-11-7-9(5-6-16-11)12-4-3-10(14)8-13(12)15/h3-5,8,11,16H,2,6-7H2,1H3. The molecule has 1 unspecified atom stereocenters. The van der Waals surface area contributed by atoms with Crippen LogP contribution in [0.5, 0.6) is 0 Å². The first-order valence-electron chi connectivity index (χ1n) is 5.58. The Kier molecular flexibility index (Phi) is 3.77. The summed E-state index contributed by atoms with van der Waals surface area (Å²) in [6.45, 7) is 2.99. The number of benzene rings is 1. The summed E-state index contributed by atoms with van der Waals surface area (Å²) < 4.78 is 14.6. The Morgan fingerprint density at radius 1 is 1.50 bits per heavy atom. The summed E-state index contributed by atoms with van der Waals surface area (Å²) in [5.41, 5.74) is 1.86. The lowest BCUT2D eigenvalue weighted by molar-refractivity contribution is 0.519. The summed E-state index contributed by atoms with van der Waals surface area (Å²) in [6.07, 6.45) is 4.07. The molecule has 0 radical (unpaired) electrons. The monoisotopic (exact) mass is 283 g/mol. The first-order valence-corrected chi connectivity index (χ1v) is 6.38. The van der Waals surface area contributed by atoms with Gasteiger partial charge in [-0.15, -0.1) is 0 Å². The number of hydrogen-bond donors (Lipinski definition) is 1. The summed E-state index contributed by atoms with van der Waals surface area (Å²) in [6, 6.07) is 5.74. The Labute approximate surface area is 104 Å². The van der Waals surface area contributed by atoms with Crippen LogP contribution in [0.1, 0.15) is 25.3 Å². The van der Waals surface area contributed by atoms with Gasteiger partial charge in [0, 0.05) is 22.6 Å². The summed E-state index contributed by atoms with van der Waals surface area (Å²) >= 11 is 3.27. The zero-order chi connectivity index (χ0) is 11.5. The molecule has 0 aromatic heterocycles. The molecule has 2 rings (SSSR count). The molecule has 86 valence electrons. The van der Waals surface area contributed by atoms with Crippen molar-refractivity contribution in [2.75, 3.05) is 6.54 Å². The van der Waals surface area contributed by atoms with Crippen LogP contribution in [0.25, 0.3) is 5.57 Å². The predicted molar refractivity (Wildman–Crippen MR) is 68.8 cm³/mol. The van der Waals surface area contributed by atoms with Crippen LogP contribution >= 0.6 is 15.9 Å². The lowest BCUT2D eigenvalue weighted by atomic mass is 9.94. The highest BCUT2D eigenvalue weighted by atomic mass is 79.9. The Bertz CT molecular complexity index is 414. The predicted octanol–water partition coefficient (Wildman–Crippen LogP) is 3.74. The number of halogens is 2. The van der Waals surface area contributed by atoms with E-state index in [2.05, 4.69) is 34.2 Å². The Morgan fingerprint density at radius 2 is 2.31 bits per heavy atom. The highest BCUT2D eigenvalue weighted by molar-refractivity contribution is 9.10. The summed E-state index contributed by atoms with van der Waals surface area (Å²) in [4.78, 5) is 0. The quantitative estimate of drug-likeness (QED) is 0.872. The van der Waals surface area contributed by atoms with Gasteiger partial charge in [0.25, 0.3) is 0 Å². The number of nitrogens with one attached hydrogen (secondary N) is 1. The molecular weight excluding hydrogens is 269 g/mol. The average molecular weight is 284 g/mol. The van der Waals surface area contributed by atoms with Crippen molar-refractivity contribution in [3.05, 3.63) is 40.1 Å². The topological polar surface area (TPSA) is 12.0 Å². The minimum Gasteiger partial charge on any atom is -0.310 e. The van der Waals surface area contributed by atoms with Gasteiger partial charge in [0.1, 0.15) is 5.82 Å². The molecule has 0 aliphatic carbocycles. The second-order valence-corrected chi connectivity index (χ2v) is 4.99. The van der Waals surface area contributed by atoms with Crippen molar-refractivity contribution in [3.8, 4) is 0 Å². The molecule has 1 nitrogen and oxygen atoms in total. The molecule has 0 saturated carbocycles. The Hall–Kier alpha value is -0.670. The molecule has 1 N–H and O–H groups in total. The van der Waals surface area contributed by atoms with Crippen LogP contribution in [-0.4, -0.2) is 12.6 Å². The number of rotatable bonds is 2. The lowest BCUT2D eigenvalue weighted by Gasteiger charge is -2.23. The van der Waals surface area contributed by atoms with E-state index in [9.17, 15) is 4.39 Å².